The van der Waals surface area contributed by atoms with Crippen LogP contribution in [0.1, 0.15) is 15.9 Å². The third-order valence-electron chi connectivity index (χ3n) is 3.84. The molecule has 2 aromatic rings. The van der Waals surface area contributed by atoms with Gasteiger partial charge in [-0.25, -0.2) is 0 Å². The molecule has 0 fully saturated rings. The molecular formula is C19H22F3NO2Si. The zero-order valence-electron chi connectivity index (χ0n) is 15.0. The van der Waals surface area contributed by atoms with E-state index in [0.29, 0.717) is 24.1 Å². The van der Waals surface area contributed by atoms with Crippen molar-refractivity contribution in [3.63, 3.8) is 0 Å². The lowest BCUT2D eigenvalue weighted by Gasteiger charge is -2.16. The van der Waals surface area contributed by atoms with E-state index in [1.54, 1.807) is 18.2 Å². The zero-order chi connectivity index (χ0) is 19.4. The summed E-state index contributed by atoms with van der Waals surface area (Å²) in [4.78, 5) is 12.2. The van der Waals surface area contributed by atoms with Gasteiger partial charge in [0.15, 0.2) is 0 Å². The van der Waals surface area contributed by atoms with E-state index in [-0.39, 0.29) is 11.7 Å². The van der Waals surface area contributed by atoms with Crippen molar-refractivity contribution in [1.82, 2.24) is 5.32 Å². The SMILES string of the molecule is C[Si](C)(C)c1ccc(C(=O)NCCc2cccc(OC(F)(F)F)c2)cc1. The third kappa shape index (κ3) is 6.22. The summed E-state index contributed by atoms with van der Waals surface area (Å²) in [6, 6.07) is 13.3. The van der Waals surface area contributed by atoms with Crippen LogP contribution in [0.2, 0.25) is 19.6 Å². The molecule has 0 heterocycles. The van der Waals surface area contributed by atoms with Crippen molar-refractivity contribution in [1.29, 1.82) is 0 Å². The largest absolute Gasteiger partial charge is 0.573 e. The summed E-state index contributed by atoms with van der Waals surface area (Å²) >= 11 is 0. The Morgan fingerprint density at radius 2 is 1.73 bits per heavy atom. The van der Waals surface area contributed by atoms with Gasteiger partial charge in [0.25, 0.3) is 5.91 Å². The molecule has 0 aromatic heterocycles. The lowest BCUT2D eigenvalue weighted by Crippen LogP contribution is -2.37. The number of carbonyl (C=O) groups is 1. The van der Waals surface area contributed by atoms with Gasteiger partial charge in [0, 0.05) is 12.1 Å². The van der Waals surface area contributed by atoms with Crippen molar-refractivity contribution in [2.75, 3.05) is 6.54 Å². The number of halogens is 3. The van der Waals surface area contributed by atoms with Crippen LogP contribution in [0.5, 0.6) is 5.75 Å². The molecule has 7 heteroatoms. The van der Waals surface area contributed by atoms with E-state index in [9.17, 15) is 18.0 Å². The summed E-state index contributed by atoms with van der Waals surface area (Å²) in [6.45, 7) is 7.03. The Labute approximate surface area is 152 Å². The Hall–Kier alpha value is -2.28. The Kier molecular flexibility index (Phi) is 6.12. The van der Waals surface area contributed by atoms with Crippen molar-refractivity contribution >= 4 is 19.2 Å². The van der Waals surface area contributed by atoms with Crippen LogP contribution in [0.15, 0.2) is 48.5 Å². The lowest BCUT2D eigenvalue weighted by atomic mass is 10.1. The summed E-state index contributed by atoms with van der Waals surface area (Å²) in [5.74, 6) is -0.460. The average molecular weight is 381 g/mol. The topological polar surface area (TPSA) is 38.3 Å². The van der Waals surface area contributed by atoms with Gasteiger partial charge in [-0.15, -0.1) is 13.2 Å². The highest BCUT2D eigenvalue weighted by Gasteiger charge is 2.31. The lowest BCUT2D eigenvalue weighted by molar-refractivity contribution is -0.274. The van der Waals surface area contributed by atoms with Crippen LogP contribution < -0.4 is 15.2 Å². The number of ether oxygens (including phenoxy) is 1. The van der Waals surface area contributed by atoms with E-state index in [2.05, 4.69) is 29.7 Å². The highest BCUT2D eigenvalue weighted by molar-refractivity contribution is 6.88. The van der Waals surface area contributed by atoms with Gasteiger partial charge in [-0.2, -0.15) is 0 Å². The Balaban J connectivity index is 1.89. The smallest absolute Gasteiger partial charge is 0.406 e. The standard InChI is InChI=1S/C19H22F3NO2Si/c1-26(2,3)17-9-7-15(8-10-17)18(24)23-12-11-14-5-4-6-16(13-14)25-19(20,21)22/h4-10,13H,11-12H2,1-3H3,(H,23,24). The second-order valence-electron chi connectivity index (χ2n) is 7.03. The van der Waals surface area contributed by atoms with Crippen LogP contribution in [-0.4, -0.2) is 26.9 Å². The van der Waals surface area contributed by atoms with E-state index >= 15 is 0 Å². The van der Waals surface area contributed by atoms with E-state index < -0.39 is 14.4 Å². The minimum Gasteiger partial charge on any atom is -0.406 e. The van der Waals surface area contributed by atoms with E-state index in [4.69, 9.17) is 0 Å². The molecule has 26 heavy (non-hydrogen) atoms. The highest BCUT2D eigenvalue weighted by atomic mass is 28.3. The number of amides is 1. The average Bonchev–Trinajstić information content (AvgIpc) is 2.53. The van der Waals surface area contributed by atoms with Crippen LogP contribution in [0.25, 0.3) is 0 Å². The first-order chi connectivity index (χ1) is 12.0. The number of rotatable bonds is 6. The fourth-order valence-corrected chi connectivity index (χ4v) is 3.61. The summed E-state index contributed by atoms with van der Waals surface area (Å²) < 4.78 is 40.6. The molecule has 0 aliphatic carbocycles. The number of carbonyl (C=O) groups excluding carboxylic acids is 1. The number of hydrogen-bond acceptors (Lipinski definition) is 2. The molecule has 0 radical (unpaired) electrons. The quantitative estimate of drug-likeness (QED) is 0.765. The molecule has 2 rings (SSSR count). The van der Waals surface area contributed by atoms with Crippen LogP contribution in [-0.2, 0) is 6.42 Å². The molecule has 2 aromatic carbocycles. The fourth-order valence-electron chi connectivity index (χ4n) is 2.44. The molecule has 0 aliphatic rings. The molecule has 0 aliphatic heterocycles. The second kappa shape index (κ2) is 7.95. The maximum Gasteiger partial charge on any atom is 0.573 e. The number of nitrogens with one attached hydrogen (secondary N) is 1. The summed E-state index contributed by atoms with van der Waals surface area (Å²) in [7, 11) is -1.41. The third-order valence-corrected chi connectivity index (χ3v) is 5.91. The maximum absolute atomic E-state index is 12.2. The van der Waals surface area contributed by atoms with Gasteiger partial charge in [-0.05, 0) is 36.2 Å². The van der Waals surface area contributed by atoms with Gasteiger partial charge >= 0.3 is 6.36 Å². The normalized spacial score (nSPS) is 11.9. The van der Waals surface area contributed by atoms with Crippen LogP contribution in [0, 0.1) is 0 Å². The van der Waals surface area contributed by atoms with E-state index in [1.165, 1.54) is 23.4 Å². The van der Waals surface area contributed by atoms with Crippen molar-refractivity contribution in [2.45, 2.75) is 32.4 Å². The molecule has 3 nitrogen and oxygen atoms in total. The predicted octanol–water partition coefficient (Wildman–Crippen LogP) is 4.10. The molecule has 1 amide bonds. The molecule has 140 valence electrons. The first-order valence-corrected chi connectivity index (χ1v) is 11.8. The van der Waals surface area contributed by atoms with Crippen molar-refractivity contribution in [3.05, 3.63) is 59.7 Å². The van der Waals surface area contributed by atoms with Gasteiger partial charge in [-0.1, -0.05) is 49.1 Å². The van der Waals surface area contributed by atoms with Crippen LogP contribution in [0.4, 0.5) is 13.2 Å². The minimum atomic E-state index is -4.71. The monoisotopic (exact) mass is 381 g/mol. The molecule has 1 N–H and O–H groups in total. The first-order valence-electron chi connectivity index (χ1n) is 8.28. The highest BCUT2D eigenvalue weighted by Crippen LogP contribution is 2.23. The van der Waals surface area contributed by atoms with E-state index in [0.717, 1.165) is 0 Å². The first kappa shape index (κ1) is 20.0. The Morgan fingerprint density at radius 1 is 1.08 bits per heavy atom. The minimum absolute atomic E-state index is 0.199. The molecule has 0 unspecified atom stereocenters. The number of alkyl halides is 3. The molecular weight excluding hydrogens is 359 g/mol. The van der Waals surface area contributed by atoms with Gasteiger partial charge in [-0.3, -0.25) is 4.79 Å². The second-order valence-corrected chi connectivity index (χ2v) is 12.1. The molecule has 0 bridgehead atoms. The molecule has 0 atom stereocenters. The predicted molar refractivity (Wildman–Crippen MR) is 98.6 cm³/mol. The van der Waals surface area contributed by atoms with Gasteiger partial charge in [0.2, 0.25) is 0 Å². The van der Waals surface area contributed by atoms with Gasteiger partial charge in [0.1, 0.15) is 5.75 Å². The van der Waals surface area contributed by atoms with Gasteiger partial charge in [0.05, 0.1) is 8.07 Å². The zero-order valence-corrected chi connectivity index (χ0v) is 16.0. The summed E-state index contributed by atoms with van der Waals surface area (Å²) in [6.07, 6.45) is -4.30. The molecule has 0 saturated carbocycles. The van der Waals surface area contributed by atoms with Crippen LogP contribution in [0.3, 0.4) is 0 Å². The number of benzene rings is 2. The van der Waals surface area contributed by atoms with Gasteiger partial charge < -0.3 is 10.1 Å². The Bertz CT molecular complexity index is 753. The number of hydrogen-bond donors (Lipinski definition) is 1. The van der Waals surface area contributed by atoms with E-state index in [1.807, 2.05) is 12.1 Å². The molecule has 0 spiro atoms. The fraction of sp³-hybridized carbons (Fsp3) is 0.316. The summed E-state index contributed by atoms with van der Waals surface area (Å²) in [5.41, 5.74) is 1.22. The molecule has 0 saturated heterocycles. The maximum atomic E-state index is 12.2. The Morgan fingerprint density at radius 3 is 2.31 bits per heavy atom. The van der Waals surface area contributed by atoms with Crippen molar-refractivity contribution < 1.29 is 22.7 Å². The van der Waals surface area contributed by atoms with Crippen LogP contribution >= 0.6 is 0 Å². The van der Waals surface area contributed by atoms with Crippen molar-refractivity contribution in [3.8, 4) is 5.75 Å². The van der Waals surface area contributed by atoms with Crippen molar-refractivity contribution in [2.24, 2.45) is 0 Å². The summed E-state index contributed by atoms with van der Waals surface area (Å²) in [5, 5.41) is 4.06.